The zero-order valence-corrected chi connectivity index (χ0v) is 12.2. The second-order valence-corrected chi connectivity index (χ2v) is 7.13. The predicted molar refractivity (Wildman–Crippen MR) is 74.9 cm³/mol. The number of aromatic nitrogens is 2. The quantitative estimate of drug-likeness (QED) is 0.907. The van der Waals surface area contributed by atoms with Crippen LogP contribution in [0.1, 0.15) is 44.8 Å². The standard InChI is InChI=1S/C13H23N3OS/c1-10-5-4-6-12(15-10)13-7-14-9-16(13)8-11(2)18(3)17/h7,9-12,15H,4-6,8H2,1-3H3. The summed E-state index contributed by atoms with van der Waals surface area (Å²) in [6.07, 6.45) is 9.25. The van der Waals surface area contributed by atoms with Crippen LogP contribution in [-0.4, -0.2) is 31.3 Å². The maximum absolute atomic E-state index is 11.5. The van der Waals surface area contributed by atoms with Crippen molar-refractivity contribution in [3.63, 3.8) is 0 Å². The number of hydrogen-bond donors (Lipinski definition) is 1. The lowest BCUT2D eigenvalue weighted by atomic mass is 9.97. The molecular weight excluding hydrogens is 246 g/mol. The highest BCUT2D eigenvalue weighted by Gasteiger charge is 2.22. The van der Waals surface area contributed by atoms with Gasteiger partial charge >= 0.3 is 0 Å². The predicted octanol–water partition coefficient (Wildman–Crippen LogP) is 1.85. The van der Waals surface area contributed by atoms with E-state index in [2.05, 4.69) is 21.8 Å². The third-order valence-electron chi connectivity index (χ3n) is 3.74. The largest absolute Gasteiger partial charge is 0.332 e. The SMILES string of the molecule is CC1CCCC(c2cncn2CC(C)S(C)=O)N1. The first-order valence-electron chi connectivity index (χ1n) is 6.66. The summed E-state index contributed by atoms with van der Waals surface area (Å²) in [5.41, 5.74) is 1.24. The van der Waals surface area contributed by atoms with Crippen molar-refractivity contribution < 1.29 is 4.21 Å². The molecule has 4 unspecified atom stereocenters. The maximum atomic E-state index is 11.5. The van der Waals surface area contributed by atoms with Crippen LogP contribution in [0.15, 0.2) is 12.5 Å². The molecule has 1 aromatic heterocycles. The lowest BCUT2D eigenvalue weighted by Crippen LogP contribution is -2.36. The molecule has 1 aromatic rings. The minimum Gasteiger partial charge on any atom is -0.332 e. The molecule has 2 heterocycles. The van der Waals surface area contributed by atoms with Crippen LogP contribution in [0.4, 0.5) is 0 Å². The Morgan fingerprint density at radius 2 is 2.39 bits per heavy atom. The van der Waals surface area contributed by atoms with Gasteiger partial charge in [0.25, 0.3) is 0 Å². The Morgan fingerprint density at radius 3 is 3.06 bits per heavy atom. The Hall–Kier alpha value is -0.680. The van der Waals surface area contributed by atoms with Crippen molar-refractivity contribution in [3.8, 4) is 0 Å². The van der Waals surface area contributed by atoms with Gasteiger partial charge in [0.1, 0.15) is 0 Å². The molecule has 0 aliphatic carbocycles. The molecule has 1 aliphatic heterocycles. The molecule has 0 saturated carbocycles. The van der Waals surface area contributed by atoms with E-state index >= 15 is 0 Å². The first-order valence-corrected chi connectivity index (χ1v) is 8.28. The molecule has 1 N–H and O–H groups in total. The summed E-state index contributed by atoms with van der Waals surface area (Å²) in [6.45, 7) is 5.04. The molecule has 4 nitrogen and oxygen atoms in total. The second-order valence-electron chi connectivity index (χ2n) is 5.33. The molecule has 102 valence electrons. The van der Waals surface area contributed by atoms with Crippen molar-refractivity contribution in [1.29, 1.82) is 0 Å². The highest BCUT2D eigenvalue weighted by molar-refractivity contribution is 7.84. The summed E-state index contributed by atoms with van der Waals surface area (Å²) in [5, 5.41) is 3.79. The van der Waals surface area contributed by atoms with E-state index in [4.69, 9.17) is 0 Å². The van der Waals surface area contributed by atoms with Crippen LogP contribution < -0.4 is 5.32 Å². The molecule has 1 aliphatic rings. The molecule has 5 heteroatoms. The first-order chi connectivity index (χ1) is 8.58. The van der Waals surface area contributed by atoms with E-state index in [9.17, 15) is 4.21 Å². The van der Waals surface area contributed by atoms with Crippen molar-refractivity contribution >= 4 is 10.8 Å². The van der Waals surface area contributed by atoms with Crippen molar-refractivity contribution in [2.24, 2.45) is 0 Å². The van der Waals surface area contributed by atoms with E-state index in [1.807, 2.05) is 19.4 Å². The Labute approximate surface area is 112 Å². The van der Waals surface area contributed by atoms with Crippen LogP contribution in [0.5, 0.6) is 0 Å². The first kappa shape index (κ1) is 13.7. The maximum Gasteiger partial charge on any atom is 0.0949 e. The highest BCUT2D eigenvalue weighted by Crippen LogP contribution is 2.25. The molecule has 2 rings (SSSR count). The fourth-order valence-electron chi connectivity index (χ4n) is 2.53. The van der Waals surface area contributed by atoms with Gasteiger partial charge in [-0.2, -0.15) is 0 Å². The van der Waals surface area contributed by atoms with Crippen LogP contribution in [0.25, 0.3) is 0 Å². The van der Waals surface area contributed by atoms with Gasteiger partial charge in [-0.05, 0) is 33.1 Å². The number of nitrogens with one attached hydrogen (secondary N) is 1. The molecule has 0 bridgehead atoms. The van der Waals surface area contributed by atoms with Gasteiger partial charge in [-0.3, -0.25) is 4.21 Å². The van der Waals surface area contributed by atoms with Gasteiger partial charge < -0.3 is 9.88 Å². The van der Waals surface area contributed by atoms with Crippen molar-refractivity contribution in [2.45, 2.75) is 57.0 Å². The minimum absolute atomic E-state index is 0.166. The summed E-state index contributed by atoms with van der Waals surface area (Å²) in [6, 6.07) is 0.971. The highest BCUT2D eigenvalue weighted by atomic mass is 32.2. The monoisotopic (exact) mass is 269 g/mol. The van der Waals surface area contributed by atoms with Crippen LogP contribution in [-0.2, 0) is 17.3 Å². The zero-order chi connectivity index (χ0) is 13.1. The number of piperidine rings is 1. The molecule has 0 spiro atoms. The molecule has 1 fully saturated rings. The Balaban J connectivity index is 2.09. The van der Waals surface area contributed by atoms with Crippen LogP contribution in [0.2, 0.25) is 0 Å². The Kier molecular flexibility index (Phi) is 4.56. The fraction of sp³-hybridized carbons (Fsp3) is 0.769. The number of hydrogen-bond acceptors (Lipinski definition) is 3. The van der Waals surface area contributed by atoms with E-state index in [0.717, 1.165) is 6.54 Å². The summed E-state index contributed by atoms with van der Waals surface area (Å²) >= 11 is 0. The fourth-order valence-corrected chi connectivity index (χ4v) is 2.90. The third-order valence-corrected chi connectivity index (χ3v) is 5.02. The molecule has 4 atom stereocenters. The molecule has 0 aromatic carbocycles. The minimum atomic E-state index is -0.784. The number of imidazole rings is 1. The third kappa shape index (κ3) is 3.20. The summed E-state index contributed by atoms with van der Waals surface area (Å²) in [4.78, 5) is 4.26. The molecule has 1 saturated heterocycles. The average molecular weight is 269 g/mol. The van der Waals surface area contributed by atoms with Crippen LogP contribution in [0, 0.1) is 0 Å². The molecule has 0 amide bonds. The van der Waals surface area contributed by atoms with Crippen molar-refractivity contribution in [1.82, 2.24) is 14.9 Å². The van der Waals surface area contributed by atoms with Gasteiger partial charge in [0.15, 0.2) is 0 Å². The number of rotatable bonds is 4. The van der Waals surface area contributed by atoms with Gasteiger partial charge in [-0.1, -0.05) is 0 Å². The molecule has 0 radical (unpaired) electrons. The van der Waals surface area contributed by atoms with Crippen LogP contribution >= 0.6 is 0 Å². The van der Waals surface area contributed by atoms with E-state index in [-0.39, 0.29) is 5.25 Å². The Morgan fingerprint density at radius 1 is 1.61 bits per heavy atom. The second kappa shape index (κ2) is 5.97. The van der Waals surface area contributed by atoms with E-state index in [1.54, 1.807) is 6.26 Å². The van der Waals surface area contributed by atoms with Gasteiger partial charge in [0, 0.05) is 47.1 Å². The topological polar surface area (TPSA) is 46.9 Å². The summed E-state index contributed by atoms with van der Waals surface area (Å²) in [7, 11) is -0.784. The zero-order valence-electron chi connectivity index (χ0n) is 11.4. The molecule has 18 heavy (non-hydrogen) atoms. The smallest absolute Gasteiger partial charge is 0.0949 e. The van der Waals surface area contributed by atoms with E-state index < -0.39 is 10.8 Å². The molecular formula is C13H23N3OS. The van der Waals surface area contributed by atoms with Crippen LogP contribution in [0.3, 0.4) is 0 Å². The van der Waals surface area contributed by atoms with Crippen molar-refractivity contribution in [3.05, 3.63) is 18.2 Å². The van der Waals surface area contributed by atoms with Gasteiger partial charge in [0.05, 0.1) is 12.0 Å². The van der Waals surface area contributed by atoms with E-state index in [1.165, 1.54) is 25.0 Å². The van der Waals surface area contributed by atoms with E-state index in [0.29, 0.717) is 12.1 Å². The Bertz CT molecular complexity index is 418. The van der Waals surface area contributed by atoms with Gasteiger partial charge in [-0.25, -0.2) is 4.98 Å². The van der Waals surface area contributed by atoms with Gasteiger partial charge in [-0.15, -0.1) is 0 Å². The summed E-state index contributed by atoms with van der Waals surface area (Å²) in [5.74, 6) is 0. The lowest BCUT2D eigenvalue weighted by molar-refractivity contribution is 0.329. The number of nitrogens with zero attached hydrogens (tertiary/aromatic N) is 2. The lowest BCUT2D eigenvalue weighted by Gasteiger charge is -2.29. The summed E-state index contributed by atoms with van der Waals surface area (Å²) < 4.78 is 13.6. The average Bonchev–Trinajstić information content (AvgIpc) is 2.77. The van der Waals surface area contributed by atoms with Crippen molar-refractivity contribution in [2.75, 3.05) is 6.26 Å². The van der Waals surface area contributed by atoms with Gasteiger partial charge in [0.2, 0.25) is 0 Å². The normalized spacial score (nSPS) is 27.9.